The van der Waals surface area contributed by atoms with Gasteiger partial charge in [0, 0.05) is 12.7 Å². The van der Waals surface area contributed by atoms with Gasteiger partial charge in [-0.2, -0.15) is 0 Å². The lowest BCUT2D eigenvalue weighted by atomic mass is 10.1. The standard InChI is InChI=1S/C11H12N4O/c1-8-3-5-9(6-4-8)11-14-12-10(7-16-2)13-15-11/h3-6H,7H2,1-2H3. The number of rotatable bonds is 3. The molecule has 2 rings (SSSR count). The minimum Gasteiger partial charge on any atom is -0.377 e. The van der Waals surface area contributed by atoms with Crippen molar-refractivity contribution in [2.45, 2.75) is 13.5 Å². The highest BCUT2D eigenvalue weighted by molar-refractivity contribution is 5.53. The lowest BCUT2D eigenvalue weighted by molar-refractivity contribution is 0.175. The van der Waals surface area contributed by atoms with Gasteiger partial charge in [-0.05, 0) is 6.92 Å². The van der Waals surface area contributed by atoms with Crippen LogP contribution in [0.5, 0.6) is 0 Å². The number of ether oxygens (including phenoxy) is 1. The molecule has 16 heavy (non-hydrogen) atoms. The molecule has 0 atom stereocenters. The van der Waals surface area contributed by atoms with Gasteiger partial charge in [0.05, 0.1) is 0 Å². The summed E-state index contributed by atoms with van der Waals surface area (Å²) in [6.07, 6.45) is 0. The maximum atomic E-state index is 4.88. The van der Waals surface area contributed by atoms with E-state index in [2.05, 4.69) is 20.4 Å². The van der Waals surface area contributed by atoms with Gasteiger partial charge in [-0.3, -0.25) is 0 Å². The van der Waals surface area contributed by atoms with Crippen molar-refractivity contribution < 1.29 is 4.74 Å². The molecule has 82 valence electrons. The molecule has 1 heterocycles. The summed E-state index contributed by atoms with van der Waals surface area (Å²) in [5.74, 6) is 1.01. The molecule has 0 saturated carbocycles. The Balaban J connectivity index is 2.24. The van der Waals surface area contributed by atoms with Crippen molar-refractivity contribution >= 4 is 0 Å². The average molecular weight is 216 g/mol. The van der Waals surface area contributed by atoms with Gasteiger partial charge in [0.25, 0.3) is 0 Å². The summed E-state index contributed by atoms with van der Waals surface area (Å²) in [7, 11) is 1.58. The van der Waals surface area contributed by atoms with E-state index < -0.39 is 0 Å². The first-order valence-corrected chi connectivity index (χ1v) is 4.92. The number of benzene rings is 1. The van der Waals surface area contributed by atoms with Gasteiger partial charge < -0.3 is 4.74 Å². The van der Waals surface area contributed by atoms with E-state index in [1.54, 1.807) is 7.11 Å². The zero-order valence-corrected chi connectivity index (χ0v) is 9.21. The number of aryl methyl sites for hydroxylation is 1. The van der Waals surface area contributed by atoms with Crippen LogP contribution in [0.3, 0.4) is 0 Å². The van der Waals surface area contributed by atoms with Crippen LogP contribution in [0.1, 0.15) is 11.4 Å². The van der Waals surface area contributed by atoms with E-state index in [9.17, 15) is 0 Å². The smallest absolute Gasteiger partial charge is 0.203 e. The molecule has 0 N–H and O–H groups in total. The molecule has 1 aromatic heterocycles. The first kappa shape index (κ1) is 10.6. The van der Waals surface area contributed by atoms with Crippen molar-refractivity contribution in [3.63, 3.8) is 0 Å². The Morgan fingerprint density at radius 1 is 1.00 bits per heavy atom. The highest BCUT2D eigenvalue weighted by Gasteiger charge is 2.03. The summed E-state index contributed by atoms with van der Waals surface area (Å²) < 4.78 is 4.88. The molecule has 5 nitrogen and oxygen atoms in total. The Bertz CT molecular complexity index is 452. The molecule has 0 amide bonds. The molecular formula is C11H12N4O. The van der Waals surface area contributed by atoms with Crippen molar-refractivity contribution in [1.29, 1.82) is 0 Å². The van der Waals surface area contributed by atoms with Crippen LogP contribution in [-0.2, 0) is 11.3 Å². The predicted octanol–water partition coefficient (Wildman–Crippen LogP) is 1.39. The van der Waals surface area contributed by atoms with Crippen LogP contribution in [0.25, 0.3) is 11.4 Å². The quantitative estimate of drug-likeness (QED) is 0.775. The third-order valence-electron chi connectivity index (χ3n) is 2.10. The van der Waals surface area contributed by atoms with E-state index >= 15 is 0 Å². The first-order valence-electron chi connectivity index (χ1n) is 4.92. The van der Waals surface area contributed by atoms with Crippen LogP contribution in [0.2, 0.25) is 0 Å². The topological polar surface area (TPSA) is 60.8 Å². The molecule has 0 aliphatic heterocycles. The highest BCUT2D eigenvalue weighted by Crippen LogP contribution is 2.13. The van der Waals surface area contributed by atoms with Gasteiger partial charge in [0.15, 0.2) is 5.82 Å². The molecule has 0 aliphatic carbocycles. The number of nitrogens with zero attached hydrogens (tertiary/aromatic N) is 4. The second kappa shape index (κ2) is 4.76. The van der Waals surface area contributed by atoms with Gasteiger partial charge in [-0.1, -0.05) is 29.8 Å². The van der Waals surface area contributed by atoms with Gasteiger partial charge in [-0.15, -0.1) is 20.4 Å². The van der Waals surface area contributed by atoms with E-state index in [0.29, 0.717) is 18.3 Å². The summed E-state index contributed by atoms with van der Waals surface area (Å²) in [5, 5.41) is 15.8. The van der Waals surface area contributed by atoms with Crippen LogP contribution >= 0.6 is 0 Å². The molecular weight excluding hydrogens is 204 g/mol. The Hall–Kier alpha value is -1.88. The molecule has 0 aliphatic rings. The van der Waals surface area contributed by atoms with Crippen LogP contribution in [0, 0.1) is 6.92 Å². The largest absolute Gasteiger partial charge is 0.377 e. The number of hydrogen-bond acceptors (Lipinski definition) is 5. The second-order valence-corrected chi connectivity index (χ2v) is 3.44. The summed E-state index contributed by atoms with van der Waals surface area (Å²) in [6.45, 7) is 2.36. The van der Waals surface area contributed by atoms with Gasteiger partial charge >= 0.3 is 0 Å². The minimum atomic E-state index is 0.328. The van der Waals surface area contributed by atoms with Crippen molar-refractivity contribution in [1.82, 2.24) is 20.4 Å². The molecule has 2 aromatic rings. The van der Waals surface area contributed by atoms with Crippen LogP contribution < -0.4 is 0 Å². The molecule has 0 bridgehead atoms. The minimum absolute atomic E-state index is 0.328. The molecule has 0 saturated heterocycles. The fraction of sp³-hybridized carbons (Fsp3) is 0.273. The Morgan fingerprint density at radius 2 is 1.62 bits per heavy atom. The maximum absolute atomic E-state index is 4.88. The lowest BCUT2D eigenvalue weighted by Crippen LogP contribution is -2.03. The van der Waals surface area contributed by atoms with Crippen molar-refractivity contribution in [2.75, 3.05) is 7.11 Å². The molecule has 0 fully saturated rings. The van der Waals surface area contributed by atoms with Gasteiger partial charge in [0.2, 0.25) is 5.82 Å². The molecule has 0 unspecified atom stereocenters. The van der Waals surface area contributed by atoms with E-state index in [-0.39, 0.29) is 0 Å². The maximum Gasteiger partial charge on any atom is 0.203 e. The number of hydrogen-bond donors (Lipinski definition) is 0. The fourth-order valence-electron chi connectivity index (χ4n) is 1.26. The third-order valence-corrected chi connectivity index (χ3v) is 2.10. The van der Waals surface area contributed by atoms with Crippen molar-refractivity contribution in [3.05, 3.63) is 35.7 Å². The van der Waals surface area contributed by atoms with Gasteiger partial charge in [0.1, 0.15) is 6.61 Å². The van der Waals surface area contributed by atoms with E-state index in [1.165, 1.54) is 5.56 Å². The monoisotopic (exact) mass is 216 g/mol. The Labute approximate surface area is 93.5 Å². The zero-order chi connectivity index (χ0) is 11.4. The first-order chi connectivity index (χ1) is 7.79. The predicted molar refractivity (Wildman–Crippen MR) is 58.5 cm³/mol. The van der Waals surface area contributed by atoms with E-state index in [1.807, 2.05) is 31.2 Å². The normalized spacial score (nSPS) is 10.4. The summed E-state index contributed by atoms with van der Waals surface area (Å²) in [4.78, 5) is 0. The average Bonchev–Trinajstić information content (AvgIpc) is 2.32. The zero-order valence-electron chi connectivity index (χ0n) is 9.21. The fourth-order valence-corrected chi connectivity index (χ4v) is 1.26. The SMILES string of the molecule is COCc1nnc(-c2ccc(C)cc2)nn1. The van der Waals surface area contributed by atoms with E-state index in [0.717, 1.165) is 5.56 Å². The van der Waals surface area contributed by atoms with Crippen LogP contribution in [0.4, 0.5) is 0 Å². The second-order valence-electron chi connectivity index (χ2n) is 3.44. The van der Waals surface area contributed by atoms with Crippen LogP contribution in [-0.4, -0.2) is 27.5 Å². The van der Waals surface area contributed by atoms with E-state index in [4.69, 9.17) is 4.74 Å². The molecule has 1 aromatic carbocycles. The van der Waals surface area contributed by atoms with Crippen molar-refractivity contribution in [2.24, 2.45) is 0 Å². The summed E-state index contributed by atoms with van der Waals surface area (Å²) in [5.41, 5.74) is 2.11. The van der Waals surface area contributed by atoms with Gasteiger partial charge in [-0.25, -0.2) is 0 Å². The molecule has 0 spiro atoms. The lowest BCUT2D eigenvalue weighted by Gasteiger charge is -2.00. The summed E-state index contributed by atoms with van der Waals surface area (Å²) >= 11 is 0. The number of methoxy groups -OCH3 is 1. The third kappa shape index (κ3) is 2.38. The number of aromatic nitrogens is 4. The molecule has 0 radical (unpaired) electrons. The van der Waals surface area contributed by atoms with Crippen molar-refractivity contribution in [3.8, 4) is 11.4 Å². The van der Waals surface area contributed by atoms with Crippen LogP contribution in [0.15, 0.2) is 24.3 Å². The highest BCUT2D eigenvalue weighted by atomic mass is 16.5. The summed E-state index contributed by atoms with van der Waals surface area (Å²) in [6, 6.07) is 7.90. The Morgan fingerprint density at radius 3 is 2.19 bits per heavy atom. The molecule has 5 heteroatoms. The Kier molecular flexibility index (Phi) is 3.16.